The second kappa shape index (κ2) is 5.47. The molecule has 0 amide bonds. The molecule has 2 rings (SSSR count). The van der Waals surface area contributed by atoms with Crippen molar-refractivity contribution in [1.82, 2.24) is 9.88 Å². The van der Waals surface area contributed by atoms with Crippen LogP contribution in [0.3, 0.4) is 0 Å². The third kappa shape index (κ3) is 2.96. The Bertz CT molecular complexity index is 378. The summed E-state index contributed by atoms with van der Waals surface area (Å²) < 4.78 is 0. The van der Waals surface area contributed by atoms with E-state index in [4.69, 9.17) is 5.73 Å². The summed E-state index contributed by atoms with van der Waals surface area (Å²) in [6.45, 7) is 7.05. The Morgan fingerprint density at radius 3 is 2.76 bits per heavy atom. The topological polar surface area (TPSA) is 45.4 Å². The number of nitrogens with zero attached hydrogens (tertiary/aromatic N) is 3. The molecule has 1 fully saturated rings. The van der Waals surface area contributed by atoms with Crippen LogP contribution in [0, 0.1) is 6.92 Å². The fraction of sp³-hybridized carbons (Fsp3) is 0.615. The normalized spacial score (nSPS) is 18.2. The molecular weight excluding hydrogens is 212 g/mol. The van der Waals surface area contributed by atoms with Gasteiger partial charge in [-0.15, -0.1) is 0 Å². The molecular formula is C13H22N4. The molecule has 2 heterocycles. The SMILES string of the molecule is Cc1nc(N2CCCN(C)CC2)ccc1CN. The van der Waals surface area contributed by atoms with Crippen molar-refractivity contribution in [2.45, 2.75) is 19.9 Å². The van der Waals surface area contributed by atoms with Gasteiger partial charge >= 0.3 is 0 Å². The highest BCUT2D eigenvalue weighted by Crippen LogP contribution is 2.16. The van der Waals surface area contributed by atoms with Gasteiger partial charge in [0.1, 0.15) is 5.82 Å². The third-order valence-corrected chi connectivity index (χ3v) is 3.44. The molecule has 2 N–H and O–H groups in total. The van der Waals surface area contributed by atoms with Gasteiger partial charge in [0.2, 0.25) is 0 Å². The van der Waals surface area contributed by atoms with Crippen LogP contribution in [0.2, 0.25) is 0 Å². The van der Waals surface area contributed by atoms with E-state index in [2.05, 4.69) is 34.0 Å². The maximum absolute atomic E-state index is 5.66. The lowest BCUT2D eigenvalue weighted by Gasteiger charge is -2.22. The Balaban J connectivity index is 2.13. The van der Waals surface area contributed by atoms with E-state index in [1.54, 1.807) is 0 Å². The number of hydrogen-bond acceptors (Lipinski definition) is 4. The van der Waals surface area contributed by atoms with Crippen molar-refractivity contribution in [3.05, 3.63) is 23.4 Å². The number of nitrogens with two attached hydrogens (primary N) is 1. The summed E-state index contributed by atoms with van der Waals surface area (Å²) in [5, 5.41) is 0. The molecule has 0 spiro atoms. The molecule has 1 aromatic heterocycles. The molecule has 4 heteroatoms. The maximum Gasteiger partial charge on any atom is 0.128 e. The molecule has 94 valence electrons. The molecule has 0 bridgehead atoms. The Hall–Kier alpha value is -1.13. The van der Waals surface area contributed by atoms with Crippen LogP contribution in [0.4, 0.5) is 5.82 Å². The molecule has 1 aromatic rings. The number of hydrogen-bond donors (Lipinski definition) is 1. The molecule has 0 atom stereocenters. The summed E-state index contributed by atoms with van der Waals surface area (Å²) in [4.78, 5) is 9.41. The van der Waals surface area contributed by atoms with Gasteiger partial charge in [-0.25, -0.2) is 4.98 Å². The summed E-state index contributed by atoms with van der Waals surface area (Å²) in [6.07, 6.45) is 1.20. The van der Waals surface area contributed by atoms with Crippen LogP contribution in [0.1, 0.15) is 17.7 Å². The van der Waals surface area contributed by atoms with Crippen LogP contribution in [-0.4, -0.2) is 43.1 Å². The number of rotatable bonds is 2. The van der Waals surface area contributed by atoms with Gasteiger partial charge in [0.25, 0.3) is 0 Å². The van der Waals surface area contributed by atoms with E-state index in [9.17, 15) is 0 Å². The minimum atomic E-state index is 0.571. The monoisotopic (exact) mass is 234 g/mol. The smallest absolute Gasteiger partial charge is 0.128 e. The second-order valence-electron chi connectivity index (χ2n) is 4.76. The largest absolute Gasteiger partial charge is 0.355 e. The summed E-state index contributed by atoms with van der Waals surface area (Å²) in [6, 6.07) is 4.20. The number of anilines is 1. The lowest BCUT2D eigenvalue weighted by Crippen LogP contribution is -2.29. The van der Waals surface area contributed by atoms with Gasteiger partial charge < -0.3 is 15.5 Å². The summed E-state index contributed by atoms with van der Waals surface area (Å²) in [7, 11) is 2.18. The standard InChI is InChI=1S/C13H22N4/c1-11-12(10-14)4-5-13(15-11)17-7-3-6-16(2)8-9-17/h4-5H,3,6-10,14H2,1-2H3. The molecule has 4 nitrogen and oxygen atoms in total. The number of pyridine rings is 1. The minimum Gasteiger partial charge on any atom is -0.355 e. The Morgan fingerprint density at radius 1 is 1.24 bits per heavy atom. The Labute approximate surface area is 103 Å². The third-order valence-electron chi connectivity index (χ3n) is 3.44. The number of aromatic nitrogens is 1. The maximum atomic E-state index is 5.66. The molecule has 0 aromatic carbocycles. The second-order valence-corrected chi connectivity index (χ2v) is 4.76. The van der Waals surface area contributed by atoms with E-state index in [0.717, 1.165) is 36.7 Å². The summed E-state index contributed by atoms with van der Waals surface area (Å²) >= 11 is 0. The molecule has 1 saturated heterocycles. The van der Waals surface area contributed by atoms with Crippen LogP contribution in [0.5, 0.6) is 0 Å². The minimum absolute atomic E-state index is 0.571. The van der Waals surface area contributed by atoms with Crippen molar-refractivity contribution in [2.24, 2.45) is 5.73 Å². The van der Waals surface area contributed by atoms with Crippen molar-refractivity contribution in [1.29, 1.82) is 0 Å². The van der Waals surface area contributed by atoms with E-state index >= 15 is 0 Å². The molecule has 0 radical (unpaired) electrons. The van der Waals surface area contributed by atoms with Gasteiger partial charge in [0.05, 0.1) is 0 Å². The Morgan fingerprint density at radius 2 is 2.06 bits per heavy atom. The van der Waals surface area contributed by atoms with Gasteiger partial charge in [0.15, 0.2) is 0 Å². The van der Waals surface area contributed by atoms with Crippen molar-refractivity contribution >= 4 is 5.82 Å². The zero-order valence-corrected chi connectivity index (χ0v) is 10.8. The van der Waals surface area contributed by atoms with E-state index in [-0.39, 0.29) is 0 Å². The van der Waals surface area contributed by atoms with E-state index < -0.39 is 0 Å². The van der Waals surface area contributed by atoms with Crippen molar-refractivity contribution in [3.8, 4) is 0 Å². The van der Waals surface area contributed by atoms with Gasteiger partial charge in [-0.05, 0) is 38.6 Å². The van der Waals surface area contributed by atoms with Gasteiger partial charge in [0, 0.05) is 31.9 Å². The predicted octanol–water partition coefficient (Wildman–Crippen LogP) is 0.991. The number of likely N-dealkylation sites (N-methyl/N-ethyl adjacent to an activating group) is 1. The fourth-order valence-electron chi connectivity index (χ4n) is 2.24. The average molecular weight is 234 g/mol. The summed E-state index contributed by atoms with van der Waals surface area (Å²) in [5.74, 6) is 1.09. The highest BCUT2D eigenvalue weighted by molar-refractivity contribution is 5.41. The molecule has 1 aliphatic rings. The zero-order chi connectivity index (χ0) is 12.3. The molecule has 0 unspecified atom stereocenters. The van der Waals surface area contributed by atoms with Gasteiger partial charge in [-0.2, -0.15) is 0 Å². The van der Waals surface area contributed by atoms with Crippen LogP contribution < -0.4 is 10.6 Å². The number of aryl methyl sites for hydroxylation is 1. The molecule has 0 aliphatic carbocycles. The molecule has 0 saturated carbocycles. The van der Waals surface area contributed by atoms with Crippen LogP contribution in [-0.2, 0) is 6.54 Å². The van der Waals surface area contributed by atoms with Crippen molar-refractivity contribution in [3.63, 3.8) is 0 Å². The van der Waals surface area contributed by atoms with Crippen molar-refractivity contribution in [2.75, 3.05) is 38.1 Å². The van der Waals surface area contributed by atoms with Crippen LogP contribution in [0.25, 0.3) is 0 Å². The summed E-state index contributed by atoms with van der Waals surface area (Å²) in [5.41, 5.74) is 7.86. The molecule has 1 aliphatic heterocycles. The zero-order valence-electron chi connectivity index (χ0n) is 10.8. The lowest BCUT2D eigenvalue weighted by atomic mass is 10.2. The van der Waals surface area contributed by atoms with Crippen molar-refractivity contribution < 1.29 is 0 Å². The van der Waals surface area contributed by atoms with Gasteiger partial charge in [-0.3, -0.25) is 0 Å². The first-order valence-electron chi connectivity index (χ1n) is 6.31. The van der Waals surface area contributed by atoms with E-state index in [1.165, 1.54) is 13.0 Å². The first kappa shape index (κ1) is 12.3. The van der Waals surface area contributed by atoms with Crippen LogP contribution in [0.15, 0.2) is 12.1 Å². The fourth-order valence-corrected chi connectivity index (χ4v) is 2.24. The van der Waals surface area contributed by atoms with Crippen LogP contribution >= 0.6 is 0 Å². The average Bonchev–Trinajstić information content (AvgIpc) is 2.54. The van der Waals surface area contributed by atoms with E-state index in [1.807, 2.05) is 6.92 Å². The lowest BCUT2D eigenvalue weighted by molar-refractivity contribution is 0.360. The quantitative estimate of drug-likeness (QED) is 0.829. The predicted molar refractivity (Wildman–Crippen MR) is 71.2 cm³/mol. The Kier molecular flexibility index (Phi) is 3.97. The first-order valence-corrected chi connectivity index (χ1v) is 6.31. The highest BCUT2D eigenvalue weighted by atomic mass is 15.2. The molecule has 17 heavy (non-hydrogen) atoms. The van der Waals surface area contributed by atoms with Gasteiger partial charge in [-0.1, -0.05) is 6.07 Å². The first-order chi connectivity index (χ1) is 8.20. The van der Waals surface area contributed by atoms with E-state index in [0.29, 0.717) is 6.54 Å². The highest BCUT2D eigenvalue weighted by Gasteiger charge is 2.14.